The van der Waals surface area contributed by atoms with E-state index in [4.69, 9.17) is 0 Å². The summed E-state index contributed by atoms with van der Waals surface area (Å²) >= 11 is 3.30. The van der Waals surface area contributed by atoms with Gasteiger partial charge in [-0.2, -0.15) is 0 Å². The van der Waals surface area contributed by atoms with Crippen LogP contribution in [-0.4, -0.2) is 30.4 Å². The number of ether oxygens (including phenoxy) is 1. The first-order valence-corrected chi connectivity index (χ1v) is 6.58. The molecule has 0 aliphatic carbocycles. The molecule has 0 saturated heterocycles. The highest BCUT2D eigenvalue weighted by atomic mass is 79.9. The minimum Gasteiger partial charge on any atom is -0.467 e. The monoisotopic (exact) mass is 293 g/mol. The molecule has 0 rings (SSSR count). The Morgan fingerprint density at radius 2 is 1.94 bits per heavy atom. The molecule has 1 atom stereocenters. The van der Waals surface area contributed by atoms with Crippen LogP contribution in [0.15, 0.2) is 0 Å². The van der Waals surface area contributed by atoms with Crippen molar-refractivity contribution in [1.29, 1.82) is 0 Å². The molecule has 94 valence electrons. The van der Waals surface area contributed by atoms with Crippen LogP contribution in [0.2, 0.25) is 0 Å². The summed E-state index contributed by atoms with van der Waals surface area (Å²) in [7, 11) is 1.33. The number of carbonyl (C=O) groups excluding carboxylic acids is 2. The van der Waals surface area contributed by atoms with Crippen molar-refractivity contribution >= 4 is 27.8 Å². The zero-order valence-electron chi connectivity index (χ0n) is 10.1. The predicted octanol–water partition coefficient (Wildman–Crippen LogP) is 1.87. The molecule has 1 N–H and O–H groups in total. The lowest BCUT2D eigenvalue weighted by atomic mass is 10.0. The fourth-order valence-corrected chi connectivity index (χ4v) is 1.65. The number of hydrogen-bond acceptors (Lipinski definition) is 3. The second-order valence-corrected chi connectivity index (χ2v) is 4.75. The second-order valence-electron chi connectivity index (χ2n) is 3.96. The van der Waals surface area contributed by atoms with Crippen LogP contribution in [0.1, 0.15) is 33.1 Å². The highest BCUT2D eigenvalue weighted by molar-refractivity contribution is 9.09. The third-order valence-corrected chi connectivity index (χ3v) is 2.79. The van der Waals surface area contributed by atoms with E-state index in [0.717, 1.165) is 18.2 Å². The zero-order chi connectivity index (χ0) is 12.6. The van der Waals surface area contributed by atoms with Gasteiger partial charge in [-0.15, -0.1) is 0 Å². The number of alkyl halides is 1. The third kappa shape index (κ3) is 6.10. The molecule has 0 spiro atoms. The van der Waals surface area contributed by atoms with Gasteiger partial charge in [0, 0.05) is 11.8 Å². The van der Waals surface area contributed by atoms with Crippen LogP contribution in [0.25, 0.3) is 0 Å². The highest BCUT2D eigenvalue weighted by Gasteiger charge is 2.24. The third-order valence-electron chi connectivity index (χ3n) is 2.23. The van der Waals surface area contributed by atoms with Gasteiger partial charge in [-0.3, -0.25) is 4.79 Å². The average Bonchev–Trinajstić information content (AvgIpc) is 2.25. The number of nitrogens with one attached hydrogen (secondary N) is 1. The number of amides is 1. The molecular formula is C11H20BrNO3. The summed E-state index contributed by atoms with van der Waals surface area (Å²) in [5.74, 6) is -0.443. The van der Waals surface area contributed by atoms with Crippen LogP contribution < -0.4 is 5.32 Å². The van der Waals surface area contributed by atoms with Gasteiger partial charge in [0.1, 0.15) is 6.04 Å². The molecule has 0 heterocycles. The lowest BCUT2D eigenvalue weighted by molar-refractivity contribution is -0.146. The standard InChI is InChI=1S/C11H20BrNO3/c1-8(2)10(11(15)16-3)13-9(14)6-4-5-7-12/h8,10H,4-7H2,1-3H3,(H,13,14)/t10-/m0/s1. The molecule has 0 bridgehead atoms. The lowest BCUT2D eigenvalue weighted by Gasteiger charge is -2.19. The quantitative estimate of drug-likeness (QED) is 0.443. The number of hydrogen-bond donors (Lipinski definition) is 1. The number of methoxy groups -OCH3 is 1. The Labute approximate surface area is 105 Å². The van der Waals surface area contributed by atoms with Gasteiger partial charge in [-0.25, -0.2) is 4.79 Å². The molecule has 0 aromatic carbocycles. The van der Waals surface area contributed by atoms with Crippen molar-refractivity contribution in [3.63, 3.8) is 0 Å². The predicted molar refractivity (Wildman–Crippen MR) is 66.4 cm³/mol. The second kappa shape index (κ2) is 8.56. The SMILES string of the molecule is COC(=O)[C@@H](NC(=O)CCCCBr)C(C)C. The smallest absolute Gasteiger partial charge is 0.328 e. The summed E-state index contributed by atoms with van der Waals surface area (Å²) in [6.07, 6.45) is 2.23. The van der Waals surface area contributed by atoms with Gasteiger partial charge in [0.2, 0.25) is 5.91 Å². The van der Waals surface area contributed by atoms with E-state index in [1.807, 2.05) is 13.8 Å². The Morgan fingerprint density at radius 3 is 2.38 bits per heavy atom. The molecule has 0 radical (unpaired) electrons. The molecule has 0 aliphatic rings. The van der Waals surface area contributed by atoms with E-state index in [1.54, 1.807) is 0 Å². The summed E-state index contributed by atoms with van der Waals surface area (Å²) in [5, 5.41) is 3.59. The van der Waals surface area contributed by atoms with Gasteiger partial charge in [0.05, 0.1) is 7.11 Å². The zero-order valence-corrected chi connectivity index (χ0v) is 11.7. The van der Waals surface area contributed by atoms with Crippen LogP contribution in [-0.2, 0) is 14.3 Å². The van der Waals surface area contributed by atoms with Crippen molar-refractivity contribution < 1.29 is 14.3 Å². The summed E-state index contributed by atoms with van der Waals surface area (Å²) in [4.78, 5) is 22.9. The average molecular weight is 294 g/mol. The Kier molecular flexibility index (Phi) is 8.25. The maximum atomic E-state index is 11.5. The van der Waals surface area contributed by atoms with Gasteiger partial charge in [0.25, 0.3) is 0 Å². The molecule has 0 aromatic heterocycles. The van der Waals surface area contributed by atoms with Crippen molar-refractivity contribution in [1.82, 2.24) is 5.32 Å². The Balaban J connectivity index is 4.09. The van der Waals surface area contributed by atoms with Crippen molar-refractivity contribution in [2.24, 2.45) is 5.92 Å². The first-order chi connectivity index (χ1) is 7.52. The molecule has 0 unspecified atom stereocenters. The molecule has 0 aliphatic heterocycles. The molecule has 0 aromatic rings. The summed E-state index contributed by atoms with van der Waals surface area (Å²) in [6, 6.07) is -0.540. The minimum atomic E-state index is -0.540. The molecule has 16 heavy (non-hydrogen) atoms. The van der Waals surface area contributed by atoms with Crippen LogP contribution in [0.4, 0.5) is 0 Å². The van der Waals surface area contributed by atoms with Crippen molar-refractivity contribution in [3.05, 3.63) is 0 Å². The normalized spacial score (nSPS) is 12.3. The minimum absolute atomic E-state index is 0.0348. The van der Waals surface area contributed by atoms with E-state index in [0.29, 0.717) is 6.42 Å². The van der Waals surface area contributed by atoms with Crippen molar-refractivity contribution in [2.75, 3.05) is 12.4 Å². The Hall–Kier alpha value is -0.580. The van der Waals surface area contributed by atoms with Crippen LogP contribution >= 0.6 is 15.9 Å². The maximum absolute atomic E-state index is 11.5. The number of halogens is 1. The van der Waals surface area contributed by atoms with E-state index in [9.17, 15) is 9.59 Å². The van der Waals surface area contributed by atoms with Crippen LogP contribution in [0.3, 0.4) is 0 Å². The van der Waals surface area contributed by atoms with Crippen LogP contribution in [0, 0.1) is 5.92 Å². The molecule has 0 saturated carbocycles. The molecule has 4 nitrogen and oxygen atoms in total. The van der Waals surface area contributed by atoms with Crippen molar-refractivity contribution in [2.45, 2.75) is 39.2 Å². The van der Waals surface area contributed by atoms with E-state index in [2.05, 4.69) is 26.0 Å². The van der Waals surface area contributed by atoms with Gasteiger partial charge in [0.15, 0.2) is 0 Å². The largest absolute Gasteiger partial charge is 0.467 e. The topological polar surface area (TPSA) is 55.4 Å². The molecular weight excluding hydrogens is 274 g/mol. The van der Waals surface area contributed by atoms with E-state index in [1.165, 1.54) is 7.11 Å². The van der Waals surface area contributed by atoms with Gasteiger partial charge < -0.3 is 10.1 Å². The number of unbranched alkanes of at least 4 members (excludes halogenated alkanes) is 1. The van der Waals surface area contributed by atoms with Gasteiger partial charge in [-0.05, 0) is 18.8 Å². The molecule has 5 heteroatoms. The number of esters is 1. The molecule has 1 amide bonds. The maximum Gasteiger partial charge on any atom is 0.328 e. The lowest BCUT2D eigenvalue weighted by Crippen LogP contribution is -2.44. The van der Waals surface area contributed by atoms with Crippen molar-refractivity contribution in [3.8, 4) is 0 Å². The molecule has 0 fully saturated rings. The Bertz CT molecular complexity index is 231. The van der Waals surface area contributed by atoms with E-state index in [-0.39, 0.29) is 17.8 Å². The first-order valence-electron chi connectivity index (χ1n) is 5.46. The summed E-state index contributed by atoms with van der Waals surface area (Å²) in [6.45, 7) is 3.75. The van der Waals surface area contributed by atoms with Gasteiger partial charge >= 0.3 is 5.97 Å². The summed E-state index contributed by atoms with van der Waals surface area (Å²) in [5.41, 5.74) is 0. The Morgan fingerprint density at radius 1 is 1.31 bits per heavy atom. The van der Waals surface area contributed by atoms with Crippen LogP contribution in [0.5, 0.6) is 0 Å². The number of carbonyl (C=O) groups is 2. The first kappa shape index (κ1) is 15.4. The van der Waals surface area contributed by atoms with E-state index < -0.39 is 6.04 Å². The number of rotatable bonds is 7. The van der Waals surface area contributed by atoms with E-state index >= 15 is 0 Å². The fourth-order valence-electron chi connectivity index (χ4n) is 1.25. The van der Waals surface area contributed by atoms with Gasteiger partial charge in [-0.1, -0.05) is 29.8 Å². The summed E-state index contributed by atoms with van der Waals surface area (Å²) < 4.78 is 4.64. The highest BCUT2D eigenvalue weighted by Crippen LogP contribution is 2.05. The fraction of sp³-hybridized carbons (Fsp3) is 0.818.